The van der Waals surface area contributed by atoms with Crippen LogP contribution in [-0.2, 0) is 15.8 Å². The minimum Gasteiger partial charge on any atom is -0.368 e. The van der Waals surface area contributed by atoms with E-state index in [0.717, 1.165) is 0 Å². The fraction of sp³-hybridized carbons (Fsp3) is 0.421. The fourth-order valence-electron chi connectivity index (χ4n) is 3.53. The number of imidazole rings is 1. The monoisotopic (exact) mass is 542 g/mol. The summed E-state index contributed by atoms with van der Waals surface area (Å²) in [5.41, 5.74) is 6.79. The first-order valence-corrected chi connectivity index (χ1v) is 11.7. The molecule has 2 aromatic heterocycles. The molecule has 0 fully saturated rings. The van der Waals surface area contributed by atoms with Gasteiger partial charge >= 0.3 is 19.9 Å². The number of benzene rings is 1. The quantitative estimate of drug-likeness (QED) is 0.271. The zero-order valence-electron chi connectivity index (χ0n) is 18.5. The van der Waals surface area contributed by atoms with Gasteiger partial charge in [0.2, 0.25) is 5.95 Å². The Morgan fingerprint density at radius 2 is 1.64 bits per heavy atom. The molecule has 0 radical (unpaired) electrons. The average molecular weight is 542 g/mol. The van der Waals surface area contributed by atoms with Crippen LogP contribution in [0, 0.1) is 0 Å². The lowest BCUT2D eigenvalue weighted by Crippen LogP contribution is -2.42. The number of nitrogens with two attached hydrogens (primary N) is 1. The van der Waals surface area contributed by atoms with Crippen molar-refractivity contribution in [2.75, 3.05) is 24.3 Å². The SMILES string of the molecule is CN(c1ccccc1)c1nc(N)nc2c1ncn2CCOC(CC(F)(F)F)(CC(F)(F)F)P(=O)(O)O. The highest BCUT2D eigenvalue weighted by atomic mass is 31.2. The summed E-state index contributed by atoms with van der Waals surface area (Å²) in [6.45, 7) is -1.38. The summed E-state index contributed by atoms with van der Waals surface area (Å²) in [5.74, 6) is 0.0729. The van der Waals surface area contributed by atoms with Crippen LogP contribution in [0.15, 0.2) is 36.7 Å². The van der Waals surface area contributed by atoms with E-state index in [-0.39, 0.29) is 22.9 Å². The largest absolute Gasteiger partial charge is 0.392 e. The number of hydrogen-bond donors (Lipinski definition) is 3. The van der Waals surface area contributed by atoms with Crippen molar-refractivity contribution in [1.82, 2.24) is 19.5 Å². The Bertz CT molecular complexity index is 1230. The summed E-state index contributed by atoms with van der Waals surface area (Å²) in [5, 5.41) is -3.85. The summed E-state index contributed by atoms with van der Waals surface area (Å²) in [6, 6.07) is 8.90. The number of para-hydroxylation sites is 1. The molecule has 0 bridgehead atoms. The van der Waals surface area contributed by atoms with Crippen molar-refractivity contribution < 1.29 is 45.4 Å². The highest BCUT2D eigenvalue weighted by Gasteiger charge is 2.59. The molecule has 198 valence electrons. The lowest BCUT2D eigenvalue weighted by Gasteiger charge is -2.35. The van der Waals surface area contributed by atoms with Gasteiger partial charge in [0, 0.05) is 19.3 Å². The second kappa shape index (κ2) is 9.84. The van der Waals surface area contributed by atoms with Gasteiger partial charge in [0.25, 0.3) is 0 Å². The number of aromatic nitrogens is 4. The molecule has 17 heteroatoms. The van der Waals surface area contributed by atoms with Gasteiger partial charge in [-0.05, 0) is 12.1 Å². The van der Waals surface area contributed by atoms with Crippen LogP contribution in [-0.4, -0.2) is 60.7 Å². The first-order chi connectivity index (χ1) is 16.5. The Morgan fingerprint density at radius 3 is 2.17 bits per heavy atom. The Kier molecular flexibility index (Phi) is 7.56. The van der Waals surface area contributed by atoms with Crippen molar-refractivity contribution in [3.8, 4) is 0 Å². The summed E-state index contributed by atoms with van der Waals surface area (Å²) in [4.78, 5) is 32.9. The van der Waals surface area contributed by atoms with E-state index in [0.29, 0.717) is 5.69 Å². The molecular weight excluding hydrogens is 521 g/mol. The zero-order chi connectivity index (χ0) is 26.9. The van der Waals surface area contributed by atoms with Gasteiger partial charge < -0.3 is 29.7 Å². The van der Waals surface area contributed by atoms with Crippen molar-refractivity contribution in [2.45, 2.75) is 37.1 Å². The highest BCUT2D eigenvalue weighted by Crippen LogP contribution is 2.60. The molecule has 0 spiro atoms. The zero-order valence-corrected chi connectivity index (χ0v) is 19.4. The molecule has 0 aliphatic rings. The van der Waals surface area contributed by atoms with Crippen LogP contribution in [0.2, 0.25) is 0 Å². The molecule has 0 saturated carbocycles. The van der Waals surface area contributed by atoms with Gasteiger partial charge in [-0.3, -0.25) is 4.57 Å². The second-order valence-electron chi connectivity index (χ2n) is 7.83. The maximum Gasteiger partial charge on any atom is 0.392 e. The number of ether oxygens (including phenoxy) is 1. The molecule has 10 nitrogen and oxygen atoms in total. The summed E-state index contributed by atoms with van der Waals surface area (Å²) in [7, 11) is -4.39. The number of rotatable bonds is 9. The van der Waals surface area contributed by atoms with E-state index in [2.05, 4.69) is 15.0 Å². The molecule has 2 heterocycles. The molecule has 0 saturated heterocycles. The van der Waals surface area contributed by atoms with E-state index >= 15 is 0 Å². The molecule has 1 aromatic carbocycles. The number of nitrogen functional groups attached to an aromatic ring is 1. The molecule has 3 rings (SSSR count). The van der Waals surface area contributed by atoms with Crippen LogP contribution in [0.4, 0.5) is 43.8 Å². The summed E-state index contributed by atoms with van der Waals surface area (Å²) >= 11 is 0. The third kappa shape index (κ3) is 6.43. The highest BCUT2D eigenvalue weighted by molar-refractivity contribution is 7.53. The van der Waals surface area contributed by atoms with E-state index in [9.17, 15) is 40.7 Å². The molecule has 0 aliphatic carbocycles. The molecule has 0 amide bonds. The predicted molar refractivity (Wildman–Crippen MR) is 116 cm³/mol. The van der Waals surface area contributed by atoms with E-state index in [1.807, 2.05) is 0 Å². The van der Waals surface area contributed by atoms with Gasteiger partial charge in [0.1, 0.15) is 0 Å². The minimum absolute atomic E-state index is 0.0808. The van der Waals surface area contributed by atoms with E-state index in [1.165, 1.54) is 10.9 Å². The lowest BCUT2D eigenvalue weighted by atomic mass is 10.1. The van der Waals surface area contributed by atoms with Crippen molar-refractivity contribution >= 4 is 36.2 Å². The van der Waals surface area contributed by atoms with E-state index in [4.69, 9.17) is 10.5 Å². The van der Waals surface area contributed by atoms with Crippen LogP contribution in [0.25, 0.3) is 11.2 Å². The van der Waals surface area contributed by atoms with Gasteiger partial charge in [-0.15, -0.1) is 0 Å². The first kappa shape index (κ1) is 27.6. The molecule has 0 unspecified atom stereocenters. The van der Waals surface area contributed by atoms with Crippen LogP contribution < -0.4 is 10.6 Å². The van der Waals surface area contributed by atoms with Gasteiger partial charge in [0.15, 0.2) is 22.3 Å². The third-order valence-corrected chi connectivity index (χ3v) is 6.62. The maximum atomic E-state index is 13.0. The van der Waals surface area contributed by atoms with Gasteiger partial charge in [-0.2, -0.15) is 36.3 Å². The van der Waals surface area contributed by atoms with Crippen molar-refractivity contribution in [2.24, 2.45) is 0 Å². The Labute approximate surface area is 199 Å². The van der Waals surface area contributed by atoms with Crippen molar-refractivity contribution in [3.63, 3.8) is 0 Å². The molecule has 36 heavy (non-hydrogen) atoms. The van der Waals surface area contributed by atoms with Crippen LogP contribution in [0.3, 0.4) is 0 Å². The molecule has 0 atom stereocenters. The number of halogens is 6. The fourth-order valence-corrected chi connectivity index (χ4v) is 4.56. The Morgan fingerprint density at radius 1 is 1.06 bits per heavy atom. The molecular formula is C19H21F6N6O4P. The van der Waals surface area contributed by atoms with Crippen molar-refractivity contribution in [1.29, 1.82) is 0 Å². The number of fused-ring (bicyclic) bond motifs is 1. The number of nitrogens with zero attached hydrogens (tertiary/aromatic N) is 5. The Hall–Kier alpha value is -2.94. The topological polar surface area (TPSA) is 140 Å². The maximum absolute atomic E-state index is 13.0. The summed E-state index contributed by atoms with van der Waals surface area (Å²) < 4.78 is 95.9. The predicted octanol–water partition coefficient (Wildman–Crippen LogP) is 3.97. The summed E-state index contributed by atoms with van der Waals surface area (Å²) in [6.07, 6.45) is -14.5. The molecule has 0 aliphatic heterocycles. The Balaban J connectivity index is 1.91. The van der Waals surface area contributed by atoms with Crippen LogP contribution in [0.5, 0.6) is 0 Å². The minimum atomic E-state index is -6.06. The third-order valence-electron chi connectivity index (χ3n) is 5.11. The molecule has 4 N–H and O–H groups in total. The lowest BCUT2D eigenvalue weighted by molar-refractivity contribution is -0.211. The second-order valence-corrected chi connectivity index (χ2v) is 9.74. The first-order valence-electron chi connectivity index (χ1n) is 10.1. The number of anilines is 3. The van der Waals surface area contributed by atoms with Crippen molar-refractivity contribution in [3.05, 3.63) is 36.7 Å². The van der Waals surface area contributed by atoms with E-state index < -0.39 is 51.3 Å². The standard InChI is InChI=1S/C19H21F6N6O4P/c1-30(12-5-3-2-4-6-12)14-13-15(29-16(26)28-14)31(11-27-13)7-8-35-17(36(32,33)34,9-18(20,21)22)10-19(23,24)25/h2-6,11H,7-10H2,1H3,(H2,26,28,29)(H2,32,33,34). The molecule has 3 aromatic rings. The van der Waals surface area contributed by atoms with Crippen LogP contribution >= 0.6 is 7.60 Å². The van der Waals surface area contributed by atoms with Gasteiger partial charge in [-0.25, -0.2) is 4.98 Å². The van der Waals surface area contributed by atoms with E-state index in [1.54, 1.807) is 42.3 Å². The number of alkyl halides is 6. The average Bonchev–Trinajstić information content (AvgIpc) is 3.12. The smallest absolute Gasteiger partial charge is 0.368 e. The van der Waals surface area contributed by atoms with Crippen LogP contribution in [0.1, 0.15) is 12.8 Å². The van der Waals surface area contributed by atoms with Gasteiger partial charge in [0.05, 0.1) is 25.8 Å². The number of hydrogen-bond acceptors (Lipinski definition) is 7. The normalized spacial score (nSPS) is 13.4. The van der Waals surface area contributed by atoms with Gasteiger partial charge in [-0.1, -0.05) is 18.2 Å².